The number of benzene rings is 2. The molecule has 10 nitrogen and oxygen atoms in total. The van der Waals surface area contributed by atoms with E-state index in [9.17, 15) is 14.4 Å². The summed E-state index contributed by atoms with van der Waals surface area (Å²) in [7, 11) is 3.03. The Kier molecular flexibility index (Phi) is 8.19. The van der Waals surface area contributed by atoms with E-state index in [1.807, 2.05) is 0 Å². The number of carbonyl (C=O) groups is 2. The van der Waals surface area contributed by atoms with E-state index < -0.39 is 18.0 Å². The lowest BCUT2D eigenvalue weighted by Crippen LogP contribution is -2.40. The van der Waals surface area contributed by atoms with Crippen LogP contribution in [0.1, 0.15) is 41.6 Å². The minimum Gasteiger partial charge on any atom is -0.493 e. The highest BCUT2D eigenvalue weighted by Crippen LogP contribution is 2.40. The second kappa shape index (κ2) is 11.8. The highest BCUT2D eigenvalue weighted by atomic mass is 79.9. The number of ether oxygens (including phenoxy) is 3. The van der Waals surface area contributed by atoms with Crippen LogP contribution in [0.3, 0.4) is 0 Å². The molecule has 2 aromatic heterocycles. The number of furan rings is 1. The van der Waals surface area contributed by atoms with E-state index in [1.54, 1.807) is 56.3 Å². The summed E-state index contributed by atoms with van der Waals surface area (Å²) < 4.78 is 24.7. The van der Waals surface area contributed by atoms with Gasteiger partial charge in [0.2, 0.25) is 0 Å². The summed E-state index contributed by atoms with van der Waals surface area (Å²) in [4.78, 5) is 43.3. The number of carboxylic acids is 1. The van der Waals surface area contributed by atoms with Gasteiger partial charge in [-0.25, -0.2) is 14.6 Å². The normalized spacial score (nSPS) is 14.8. The van der Waals surface area contributed by atoms with Crippen LogP contribution in [-0.4, -0.2) is 42.4 Å². The molecule has 4 aromatic rings. The van der Waals surface area contributed by atoms with Crippen LogP contribution in [0.25, 0.3) is 17.4 Å². The van der Waals surface area contributed by atoms with Gasteiger partial charge in [-0.05, 0) is 55.8 Å². The van der Waals surface area contributed by atoms with E-state index in [2.05, 4.69) is 20.9 Å². The van der Waals surface area contributed by atoms with Gasteiger partial charge in [-0.15, -0.1) is 0 Å². The Labute approximate surface area is 251 Å². The van der Waals surface area contributed by atoms with Gasteiger partial charge in [0.1, 0.15) is 11.5 Å². The number of hydrogen-bond acceptors (Lipinski definition) is 9. The molecule has 1 N–H and O–H groups in total. The third-order valence-electron chi connectivity index (χ3n) is 6.63. The van der Waals surface area contributed by atoms with Crippen molar-refractivity contribution < 1.29 is 33.3 Å². The van der Waals surface area contributed by atoms with E-state index in [0.29, 0.717) is 53.6 Å². The van der Waals surface area contributed by atoms with Crippen molar-refractivity contribution in [2.75, 3.05) is 20.8 Å². The number of aromatic nitrogens is 1. The maximum absolute atomic E-state index is 13.9. The number of rotatable bonds is 8. The third-order valence-corrected chi connectivity index (χ3v) is 8.30. The van der Waals surface area contributed by atoms with Crippen LogP contribution in [0.2, 0.25) is 0 Å². The predicted molar refractivity (Wildman–Crippen MR) is 159 cm³/mol. The fourth-order valence-corrected chi connectivity index (χ4v) is 6.22. The average Bonchev–Trinajstić information content (AvgIpc) is 3.56. The number of nitrogens with zero attached hydrogens (tertiary/aromatic N) is 2. The Hall–Kier alpha value is -4.42. The van der Waals surface area contributed by atoms with Gasteiger partial charge >= 0.3 is 11.9 Å². The molecule has 0 aliphatic carbocycles. The summed E-state index contributed by atoms with van der Waals surface area (Å²) in [6, 6.07) is 12.3. The van der Waals surface area contributed by atoms with Crippen LogP contribution < -0.4 is 24.4 Å². The topological polar surface area (TPSA) is 130 Å². The van der Waals surface area contributed by atoms with Gasteiger partial charge in [0, 0.05) is 16.1 Å². The molecule has 42 heavy (non-hydrogen) atoms. The number of fused-ring (bicyclic) bond motifs is 1. The van der Waals surface area contributed by atoms with Crippen LogP contribution in [0.15, 0.2) is 78.5 Å². The quantitative estimate of drug-likeness (QED) is 0.275. The molecule has 0 spiro atoms. The molecule has 2 aromatic carbocycles. The molecule has 0 amide bonds. The number of aromatic carboxylic acids is 1. The zero-order chi connectivity index (χ0) is 30.1. The zero-order valence-corrected chi connectivity index (χ0v) is 25.4. The summed E-state index contributed by atoms with van der Waals surface area (Å²) in [6.45, 7) is 3.57. The molecule has 0 fully saturated rings. The largest absolute Gasteiger partial charge is 0.493 e. The number of hydrogen-bond donors (Lipinski definition) is 1. The van der Waals surface area contributed by atoms with Crippen molar-refractivity contribution >= 4 is 45.3 Å². The molecule has 12 heteroatoms. The molecule has 0 saturated heterocycles. The molecule has 0 radical (unpaired) electrons. The fraction of sp³-hybridized carbons (Fsp3) is 0.200. The highest BCUT2D eigenvalue weighted by Gasteiger charge is 2.35. The first-order valence-corrected chi connectivity index (χ1v) is 14.3. The minimum atomic E-state index is -1.02. The van der Waals surface area contributed by atoms with Gasteiger partial charge in [-0.2, -0.15) is 0 Å². The number of allylic oxidation sites excluding steroid dienone is 1. The van der Waals surface area contributed by atoms with Crippen molar-refractivity contribution in [3.63, 3.8) is 0 Å². The summed E-state index contributed by atoms with van der Waals surface area (Å²) >= 11 is 4.75. The van der Waals surface area contributed by atoms with Crippen molar-refractivity contribution in [1.29, 1.82) is 0 Å². The molecule has 216 valence electrons. The second-order valence-corrected chi connectivity index (χ2v) is 11.0. The second-order valence-electron chi connectivity index (χ2n) is 9.12. The number of methoxy groups -OCH3 is 2. The summed E-state index contributed by atoms with van der Waals surface area (Å²) in [5.41, 5.74) is 1.73. The number of carboxylic acid groups (broad SMARTS) is 1. The Morgan fingerprint density at radius 2 is 1.81 bits per heavy atom. The van der Waals surface area contributed by atoms with Gasteiger partial charge in [0.05, 0.1) is 48.2 Å². The van der Waals surface area contributed by atoms with Crippen molar-refractivity contribution in [3.8, 4) is 22.8 Å². The van der Waals surface area contributed by atoms with Gasteiger partial charge in [0.15, 0.2) is 16.3 Å². The van der Waals surface area contributed by atoms with Crippen LogP contribution in [0.5, 0.6) is 11.5 Å². The molecule has 0 unspecified atom stereocenters. The van der Waals surface area contributed by atoms with E-state index in [-0.39, 0.29) is 23.3 Å². The molecular weight excluding hydrogens is 628 g/mol. The fourth-order valence-electron chi connectivity index (χ4n) is 4.66. The number of halogens is 1. The van der Waals surface area contributed by atoms with E-state index in [1.165, 1.54) is 42.3 Å². The van der Waals surface area contributed by atoms with Crippen molar-refractivity contribution in [2.45, 2.75) is 19.9 Å². The third kappa shape index (κ3) is 5.30. The maximum atomic E-state index is 13.9. The van der Waals surface area contributed by atoms with Crippen LogP contribution >= 0.6 is 27.3 Å². The minimum absolute atomic E-state index is 0.152. The number of carbonyl (C=O) groups excluding carboxylic acids is 1. The molecule has 1 atom stereocenters. The lowest BCUT2D eigenvalue weighted by molar-refractivity contribution is -0.139. The van der Waals surface area contributed by atoms with Crippen molar-refractivity contribution in [1.82, 2.24) is 4.57 Å². The van der Waals surface area contributed by atoms with Crippen molar-refractivity contribution in [3.05, 3.63) is 101 Å². The molecular formula is C30H25BrN2O8S. The predicted octanol–water partition coefficient (Wildman–Crippen LogP) is 4.54. The molecule has 0 bridgehead atoms. The van der Waals surface area contributed by atoms with Gasteiger partial charge in [0.25, 0.3) is 5.56 Å². The Morgan fingerprint density at radius 1 is 1.12 bits per heavy atom. The van der Waals surface area contributed by atoms with E-state index in [4.69, 9.17) is 23.7 Å². The van der Waals surface area contributed by atoms with Crippen molar-refractivity contribution in [2.24, 2.45) is 4.99 Å². The SMILES string of the molecule is CCOC(=O)C1=C(C)N=c2sc(=Cc3ccc(-c4ccc(C(=O)O)cc4)o3)c(=O)n2[C@H]1c1cc(OC)c(OC)cc1Br. The summed E-state index contributed by atoms with van der Waals surface area (Å²) in [5, 5.41) is 9.15. The van der Waals surface area contributed by atoms with Crippen LogP contribution in [0.4, 0.5) is 0 Å². The molecule has 5 rings (SSSR count). The van der Waals surface area contributed by atoms with Crippen LogP contribution in [-0.2, 0) is 9.53 Å². The summed E-state index contributed by atoms with van der Waals surface area (Å²) in [6.07, 6.45) is 1.61. The zero-order valence-electron chi connectivity index (χ0n) is 23.0. The highest BCUT2D eigenvalue weighted by molar-refractivity contribution is 9.10. The molecule has 3 heterocycles. The van der Waals surface area contributed by atoms with Gasteiger partial charge in [-0.1, -0.05) is 39.4 Å². The Balaban J connectivity index is 1.65. The standard InChI is InChI=1S/C30H25BrN2O8S/c1-5-40-29(37)25-15(2)32-30-33(26(25)19-13-22(38-3)23(39-4)14-20(19)31)27(34)24(42-30)12-18-10-11-21(41-18)16-6-8-17(9-7-16)28(35)36/h6-14,26H,5H2,1-4H3,(H,35,36)/t26-/m0/s1. The first-order chi connectivity index (χ1) is 20.2. The monoisotopic (exact) mass is 652 g/mol. The maximum Gasteiger partial charge on any atom is 0.338 e. The lowest BCUT2D eigenvalue weighted by Gasteiger charge is -2.26. The molecule has 1 aliphatic rings. The van der Waals surface area contributed by atoms with Crippen LogP contribution in [0, 0.1) is 0 Å². The number of esters is 1. The molecule has 0 saturated carbocycles. The lowest BCUT2D eigenvalue weighted by atomic mass is 9.95. The summed E-state index contributed by atoms with van der Waals surface area (Å²) in [5.74, 6) is 0.239. The Bertz CT molecular complexity index is 1920. The first kappa shape index (κ1) is 29.1. The smallest absolute Gasteiger partial charge is 0.338 e. The first-order valence-electron chi connectivity index (χ1n) is 12.7. The van der Waals surface area contributed by atoms with Gasteiger partial charge < -0.3 is 23.7 Å². The number of thiazole rings is 1. The molecule has 1 aliphatic heterocycles. The van der Waals surface area contributed by atoms with Gasteiger partial charge in [-0.3, -0.25) is 9.36 Å². The van der Waals surface area contributed by atoms with E-state index >= 15 is 0 Å². The van der Waals surface area contributed by atoms with E-state index in [0.717, 1.165) is 0 Å². The Morgan fingerprint density at radius 3 is 2.45 bits per heavy atom. The average molecular weight is 654 g/mol.